The zero-order chi connectivity index (χ0) is 13.9. The Bertz CT molecular complexity index is 397. The number of aromatic nitrogens is 1. The zero-order valence-corrected chi connectivity index (χ0v) is 12.7. The molecule has 2 rings (SSSR count). The number of nitrogens with one attached hydrogen (secondary N) is 1. The van der Waals surface area contributed by atoms with Gasteiger partial charge in [0.1, 0.15) is 5.82 Å². The van der Waals surface area contributed by atoms with Gasteiger partial charge in [-0.25, -0.2) is 4.98 Å². The van der Waals surface area contributed by atoms with E-state index < -0.39 is 0 Å². The number of nitrogens with zero attached hydrogens (tertiary/aromatic N) is 2. The molecule has 0 radical (unpaired) electrons. The summed E-state index contributed by atoms with van der Waals surface area (Å²) in [5, 5.41) is 3.25. The summed E-state index contributed by atoms with van der Waals surface area (Å²) in [5.74, 6) is 1.13. The number of anilines is 1. The minimum atomic E-state index is 0.365. The molecular weight excluding hydrogens is 234 g/mol. The van der Waals surface area contributed by atoms with Crippen molar-refractivity contribution in [2.75, 3.05) is 25.0 Å². The SMILES string of the molecule is CNC(C)c1ccc(N2CCCC(C)(C)CC2)nc1. The van der Waals surface area contributed by atoms with Crippen LogP contribution in [0.1, 0.15) is 51.6 Å². The van der Waals surface area contributed by atoms with Crippen LogP contribution in [0.2, 0.25) is 0 Å². The minimum absolute atomic E-state index is 0.365. The van der Waals surface area contributed by atoms with Crippen LogP contribution >= 0.6 is 0 Å². The van der Waals surface area contributed by atoms with E-state index in [1.165, 1.54) is 24.8 Å². The van der Waals surface area contributed by atoms with Crippen molar-refractivity contribution in [1.29, 1.82) is 0 Å². The number of hydrogen-bond acceptors (Lipinski definition) is 3. The van der Waals surface area contributed by atoms with Crippen molar-refractivity contribution < 1.29 is 0 Å². The van der Waals surface area contributed by atoms with Crippen LogP contribution in [0.4, 0.5) is 5.82 Å². The van der Waals surface area contributed by atoms with Gasteiger partial charge in [0.05, 0.1) is 0 Å². The summed E-state index contributed by atoms with van der Waals surface area (Å²) >= 11 is 0. The van der Waals surface area contributed by atoms with E-state index in [9.17, 15) is 0 Å². The Hall–Kier alpha value is -1.09. The standard InChI is InChI=1S/C16H27N3/c1-13(17-4)14-6-7-15(18-12-14)19-10-5-8-16(2,3)9-11-19/h6-7,12-13,17H,5,8-11H2,1-4H3. The van der Waals surface area contributed by atoms with Gasteiger partial charge in [0, 0.05) is 25.3 Å². The largest absolute Gasteiger partial charge is 0.357 e. The van der Waals surface area contributed by atoms with Gasteiger partial charge in [0.2, 0.25) is 0 Å². The van der Waals surface area contributed by atoms with Crippen molar-refractivity contribution in [3.8, 4) is 0 Å². The minimum Gasteiger partial charge on any atom is -0.357 e. The molecule has 1 unspecified atom stereocenters. The third-order valence-electron chi connectivity index (χ3n) is 4.37. The highest BCUT2D eigenvalue weighted by Crippen LogP contribution is 2.31. The fourth-order valence-electron chi connectivity index (χ4n) is 2.66. The van der Waals surface area contributed by atoms with E-state index in [2.05, 4.69) is 48.1 Å². The Labute approximate surface area is 117 Å². The maximum Gasteiger partial charge on any atom is 0.128 e. The molecule has 1 atom stereocenters. The molecule has 1 saturated heterocycles. The lowest BCUT2D eigenvalue weighted by molar-refractivity contribution is 0.325. The molecule has 0 amide bonds. The molecule has 0 bridgehead atoms. The van der Waals surface area contributed by atoms with E-state index in [4.69, 9.17) is 0 Å². The average molecular weight is 261 g/mol. The third-order valence-corrected chi connectivity index (χ3v) is 4.37. The Morgan fingerprint density at radius 3 is 2.68 bits per heavy atom. The first kappa shape index (κ1) is 14.3. The summed E-state index contributed by atoms with van der Waals surface area (Å²) in [5.41, 5.74) is 1.73. The zero-order valence-electron chi connectivity index (χ0n) is 12.7. The molecule has 0 aliphatic carbocycles. The smallest absolute Gasteiger partial charge is 0.128 e. The highest BCUT2D eigenvalue weighted by molar-refractivity contribution is 5.40. The van der Waals surface area contributed by atoms with Crippen LogP contribution in [-0.2, 0) is 0 Å². The van der Waals surface area contributed by atoms with Gasteiger partial charge in [-0.05, 0) is 50.3 Å². The number of rotatable bonds is 3. The van der Waals surface area contributed by atoms with E-state index in [0.717, 1.165) is 18.9 Å². The van der Waals surface area contributed by atoms with Crippen LogP contribution in [0.15, 0.2) is 18.3 Å². The maximum atomic E-state index is 4.65. The van der Waals surface area contributed by atoms with Crippen LogP contribution in [0, 0.1) is 5.41 Å². The molecule has 0 aromatic carbocycles. The van der Waals surface area contributed by atoms with E-state index in [0.29, 0.717) is 11.5 Å². The van der Waals surface area contributed by atoms with Gasteiger partial charge in [-0.2, -0.15) is 0 Å². The summed E-state index contributed by atoms with van der Waals surface area (Å²) in [6, 6.07) is 4.73. The lowest BCUT2D eigenvalue weighted by atomic mass is 9.85. The molecule has 1 aromatic heterocycles. The maximum absolute atomic E-state index is 4.65. The molecule has 3 nitrogen and oxygen atoms in total. The molecule has 1 N–H and O–H groups in total. The first-order chi connectivity index (χ1) is 9.02. The summed E-state index contributed by atoms with van der Waals surface area (Å²) in [7, 11) is 1.98. The van der Waals surface area contributed by atoms with E-state index in [1.807, 2.05) is 13.2 Å². The van der Waals surface area contributed by atoms with Crippen molar-refractivity contribution in [2.45, 2.75) is 46.1 Å². The normalized spacial score (nSPS) is 20.9. The second-order valence-corrected chi connectivity index (χ2v) is 6.46. The molecule has 0 saturated carbocycles. The van der Waals surface area contributed by atoms with Crippen molar-refractivity contribution in [3.63, 3.8) is 0 Å². The second kappa shape index (κ2) is 5.91. The van der Waals surface area contributed by atoms with Gasteiger partial charge in [-0.3, -0.25) is 0 Å². The molecule has 106 valence electrons. The van der Waals surface area contributed by atoms with Gasteiger partial charge in [0.15, 0.2) is 0 Å². The molecule has 1 aliphatic heterocycles. The summed E-state index contributed by atoms with van der Waals surface area (Å²) < 4.78 is 0. The predicted molar refractivity (Wildman–Crippen MR) is 81.6 cm³/mol. The van der Waals surface area contributed by atoms with Gasteiger partial charge in [-0.15, -0.1) is 0 Å². The van der Waals surface area contributed by atoms with Crippen molar-refractivity contribution >= 4 is 5.82 Å². The van der Waals surface area contributed by atoms with Crippen molar-refractivity contribution in [3.05, 3.63) is 23.9 Å². The Morgan fingerprint density at radius 2 is 2.05 bits per heavy atom. The average Bonchev–Trinajstić information content (AvgIpc) is 2.59. The highest BCUT2D eigenvalue weighted by Gasteiger charge is 2.23. The number of hydrogen-bond donors (Lipinski definition) is 1. The molecule has 19 heavy (non-hydrogen) atoms. The molecule has 2 heterocycles. The second-order valence-electron chi connectivity index (χ2n) is 6.46. The third kappa shape index (κ3) is 3.69. The first-order valence-electron chi connectivity index (χ1n) is 7.40. The Balaban J connectivity index is 2.05. The monoisotopic (exact) mass is 261 g/mol. The van der Waals surface area contributed by atoms with Crippen molar-refractivity contribution in [1.82, 2.24) is 10.3 Å². The lowest BCUT2D eigenvalue weighted by Crippen LogP contribution is -2.26. The Morgan fingerprint density at radius 1 is 1.26 bits per heavy atom. The molecule has 0 spiro atoms. The van der Waals surface area contributed by atoms with E-state index in [1.54, 1.807) is 0 Å². The van der Waals surface area contributed by atoms with Gasteiger partial charge >= 0.3 is 0 Å². The van der Waals surface area contributed by atoms with Crippen LogP contribution in [0.3, 0.4) is 0 Å². The lowest BCUT2D eigenvalue weighted by Gasteiger charge is -2.24. The van der Waals surface area contributed by atoms with Gasteiger partial charge in [0.25, 0.3) is 0 Å². The van der Waals surface area contributed by atoms with Crippen LogP contribution < -0.4 is 10.2 Å². The van der Waals surface area contributed by atoms with E-state index >= 15 is 0 Å². The van der Waals surface area contributed by atoms with E-state index in [-0.39, 0.29) is 0 Å². The molecular formula is C16H27N3. The van der Waals surface area contributed by atoms with Gasteiger partial charge in [-0.1, -0.05) is 19.9 Å². The van der Waals surface area contributed by atoms with Gasteiger partial charge < -0.3 is 10.2 Å². The Kier molecular flexibility index (Phi) is 4.46. The topological polar surface area (TPSA) is 28.2 Å². The van der Waals surface area contributed by atoms with Crippen LogP contribution in [0.5, 0.6) is 0 Å². The molecule has 1 fully saturated rings. The summed E-state index contributed by atoms with van der Waals surface area (Å²) in [6.07, 6.45) is 5.84. The fourth-order valence-corrected chi connectivity index (χ4v) is 2.66. The van der Waals surface area contributed by atoms with Crippen LogP contribution in [-0.4, -0.2) is 25.1 Å². The molecule has 1 aromatic rings. The summed E-state index contributed by atoms with van der Waals surface area (Å²) in [4.78, 5) is 7.08. The summed E-state index contributed by atoms with van der Waals surface area (Å²) in [6.45, 7) is 9.17. The quantitative estimate of drug-likeness (QED) is 0.904. The predicted octanol–water partition coefficient (Wildman–Crippen LogP) is 3.38. The number of pyridine rings is 1. The highest BCUT2D eigenvalue weighted by atomic mass is 15.2. The molecule has 3 heteroatoms. The van der Waals surface area contributed by atoms with Crippen molar-refractivity contribution in [2.24, 2.45) is 5.41 Å². The fraction of sp³-hybridized carbons (Fsp3) is 0.688. The van der Waals surface area contributed by atoms with Crippen LogP contribution in [0.25, 0.3) is 0 Å². The molecule has 1 aliphatic rings. The first-order valence-corrected chi connectivity index (χ1v) is 7.40.